The number of thioether (sulfide) groups is 1. The summed E-state index contributed by atoms with van der Waals surface area (Å²) in [5, 5.41) is 13.3. The highest BCUT2D eigenvalue weighted by Gasteiger charge is 2.33. The zero-order chi connectivity index (χ0) is 15.6. The lowest BCUT2D eigenvalue weighted by Crippen LogP contribution is -2.44. The lowest BCUT2D eigenvalue weighted by atomic mass is 9.80. The fourth-order valence-corrected chi connectivity index (χ4v) is 4.05. The van der Waals surface area contributed by atoms with Crippen molar-refractivity contribution in [2.24, 2.45) is 11.3 Å². The van der Waals surface area contributed by atoms with Crippen LogP contribution in [0.3, 0.4) is 0 Å². The van der Waals surface area contributed by atoms with Crippen LogP contribution >= 0.6 is 11.8 Å². The van der Waals surface area contributed by atoms with Crippen LogP contribution in [0, 0.1) is 11.3 Å². The first-order valence-corrected chi connectivity index (χ1v) is 8.49. The molecule has 2 unspecified atom stereocenters. The number of aliphatic hydroxyl groups excluding tert-OH is 1. The first-order chi connectivity index (χ1) is 9.83. The normalized spacial score (nSPS) is 19.4. The number of benzene rings is 1. The van der Waals surface area contributed by atoms with Crippen LogP contribution in [0.4, 0.5) is 0 Å². The Balaban J connectivity index is 1.98. The Labute approximate surface area is 131 Å². The minimum absolute atomic E-state index is 0.0662. The van der Waals surface area contributed by atoms with Gasteiger partial charge in [0.15, 0.2) is 0 Å². The van der Waals surface area contributed by atoms with Crippen LogP contribution in [0.5, 0.6) is 0 Å². The van der Waals surface area contributed by atoms with Crippen molar-refractivity contribution in [3.05, 3.63) is 29.8 Å². The van der Waals surface area contributed by atoms with Gasteiger partial charge in [-0.05, 0) is 17.5 Å². The van der Waals surface area contributed by atoms with Gasteiger partial charge in [0.25, 0.3) is 0 Å². The highest BCUT2D eigenvalue weighted by atomic mass is 32.2. The predicted octanol–water partition coefficient (Wildman–Crippen LogP) is 3.04. The van der Waals surface area contributed by atoms with Crippen molar-refractivity contribution in [1.82, 2.24) is 5.32 Å². The van der Waals surface area contributed by atoms with E-state index in [0.29, 0.717) is 6.54 Å². The van der Waals surface area contributed by atoms with Gasteiger partial charge in [-0.2, -0.15) is 0 Å². The molecule has 1 amide bonds. The van der Waals surface area contributed by atoms with Crippen LogP contribution < -0.4 is 5.32 Å². The Hall–Kier alpha value is -1.00. The standard InChI is InChI=1S/C17H25NO2S/c1-11(2)15(19)17(3,4)10-18-16(20)13-9-21-14-8-6-5-7-12(13)14/h5-8,11,13,15,19H,9-10H2,1-4H3,(H,18,20). The van der Waals surface area contributed by atoms with E-state index in [4.69, 9.17) is 0 Å². The molecule has 21 heavy (non-hydrogen) atoms. The number of aliphatic hydroxyl groups is 1. The van der Waals surface area contributed by atoms with Gasteiger partial charge in [-0.15, -0.1) is 11.8 Å². The summed E-state index contributed by atoms with van der Waals surface area (Å²) in [4.78, 5) is 13.6. The molecule has 0 spiro atoms. The number of carbonyl (C=O) groups is 1. The second-order valence-corrected chi connectivity index (χ2v) is 7.86. The molecule has 0 aliphatic carbocycles. The molecule has 1 aromatic rings. The molecule has 1 aliphatic rings. The van der Waals surface area contributed by atoms with E-state index in [1.54, 1.807) is 11.8 Å². The van der Waals surface area contributed by atoms with E-state index in [1.807, 2.05) is 45.9 Å². The minimum atomic E-state index is -0.428. The van der Waals surface area contributed by atoms with Crippen molar-refractivity contribution >= 4 is 17.7 Å². The van der Waals surface area contributed by atoms with E-state index in [9.17, 15) is 9.90 Å². The third-order valence-corrected chi connectivity index (χ3v) is 5.35. The van der Waals surface area contributed by atoms with E-state index >= 15 is 0 Å². The number of nitrogens with one attached hydrogen (secondary N) is 1. The first kappa shape index (κ1) is 16.4. The maximum atomic E-state index is 12.4. The lowest BCUT2D eigenvalue weighted by molar-refractivity contribution is -0.123. The Morgan fingerprint density at radius 3 is 2.76 bits per heavy atom. The van der Waals surface area contributed by atoms with Gasteiger partial charge in [-0.25, -0.2) is 0 Å². The Bertz CT molecular complexity index is 513. The van der Waals surface area contributed by atoms with Crippen molar-refractivity contribution < 1.29 is 9.90 Å². The molecule has 0 aromatic heterocycles. The smallest absolute Gasteiger partial charge is 0.228 e. The number of carbonyl (C=O) groups excluding carboxylic acids is 1. The van der Waals surface area contributed by atoms with Gasteiger partial charge in [0.05, 0.1) is 12.0 Å². The fourth-order valence-electron chi connectivity index (χ4n) is 2.82. The summed E-state index contributed by atoms with van der Waals surface area (Å²) in [6, 6.07) is 8.10. The molecule has 116 valence electrons. The van der Waals surface area contributed by atoms with Crippen LogP contribution in [-0.2, 0) is 4.79 Å². The average molecular weight is 307 g/mol. The summed E-state index contributed by atoms with van der Waals surface area (Å²) in [7, 11) is 0. The average Bonchev–Trinajstić information content (AvgIpc) is 2.88. The van der Waals surface area contributed by atoms with Crippen LogP contribution in [0.1, 0.15) is 39.2 Å². The molecule has 0 bridgehead atoms. The molecular formula is C17H25NO2S. The molecule has 0 radical (unpaired) electrons. The highest BCUT2D eigenvalue weighted by molar-refractivity contribution is 7.99. The molecule has 1 heterocycles. The molecule has 2 rings (SSSR count). The second-order valence-electron chi connectivity index (χ2n) is 6.80. The Kier molecular flexibility index (Phi) is 4.99. The lowest BCUT2D eigenvalue weighted by Gasteiger charge is -2.33. The van der Waals surface area contributed by atoms with Crippen LogP contribution in [0.15, 0.2) is 29.2 Å². The summed E-state index contributed by atoms with van der Waals surface area (Å²) in [6.45, 7) is 8.48. The molecule has 0 saturated carbocycles. The van der Waals surface area contributed by atoms with E-state index in [2.05, 4.69) is 11.4 Å². The summed E-state index contributed by atoms with van der Waals surface area (Å²) < 4.78 is 0. The van der Waals surface area contributed by atoms with Gasteiger partial charge >= 0.3 is 0 Å². The van der Waals surface area contributed by atoms with Crippen molar-refractivity contribution in [3.63, 3.8) is 0 Å². The molecule has 4 heteroatoms. The van der Waals surface area contributed by atoms with Gasteiger partial charge in [-0.3, -0.25) is 4.79 Å². The van der Waals surface area contributed by atoms with Crippen LogP contribution in [0.2, 0.25) is 0 Å². The second kappa shape index (κ2) is 6.41. The molecule has 1 aromatic carbocycles. The number of amides is 1. The van der Waals surface area contributed by atoms with E-state index in [0.717, 1.165) is 11.3 Å². The Morgan fingerprint density at radius 1 is 1.43 bits per heavy atom. The maximum absolute atomic E-state index is 12.4. The van der Waals surface area contributed by atoms with Gasteiger partial charge in [0.1, 0.15) is 0 Å². The van der Waals surface area contributed by atoms with E-state index in [1.165, 1.54) is 4.90 Å². The molecule has 1 aliphatic heterocycles. The monoisotopic (exact) mass is 307 g/mol. The van der Waals surface area contributed by atoms with Crippen molar-refractivity contribution in [2.75, 3.05) is 12.3 Å². The van der Waals surface area contributed by atoms with Crippen LogP contribution in [0.25, 0.3) is 0 Å². The van der Waals surface area contributed by atoms with Crippen molar-refractivity contribution in [1.29, 1.82) is 0 Å². The molecule has 0 saturated heterocycles. The summed E-state index contributed by atoms with van der Waals surface area (Å²) in [5.74, 6) is 0.979. The topological polar surface area (TPSA) is 49.3 Å². The van der Waals surface area contributed by atoms with E-state index in [-0.39, 0.29) is 23.2 Å². The van der Waals surface area contributed by atoms with Crippen molar-refractivity contribution in [3.8, 4) is 0 Å². The van der Waals surface area contributed by atoms with Crippen LogP contribution in [-0.4, -0.2) is 29.4 Å². The predicted molar refractivity (Wildman–Crippen MR) is 87.5 cm³/mol. The zero-order valence-electron chi connectivity index (χ0n) is 13.2. The van der Waals surface area contributed by atoms with Gasteiger partial charge in [-0.1, -0.05) is 45.9 Å². The summed E-state index contributed by atoms with van der Waals surface area (Å²) in [5.41, 5.74) is 0.803. The number of rotatable bonds is 5. The first-order valence-electron chi connectivity index (χ1n) is 7.50. The molecule has 2 atom stereocenters. The van der Waals surface area contributed by atoms with Gasteiger partial charge in [0.2, 0.25) is 5.91 Å². The quantitative estimate of drug-likeness (QED) is 0.879. The number of fused-ring (bicyclic) bond motifs is 1. The third kappa shape index (κ3) is 3.61. The molecule has 0 fully saturated rings. The fraction of sp³-hybridized carbons (Fsp3) is 0.588. The maximum Gasteiger partial charge on any atom is 0.228 e. The highest BCUT2D eigenvalue weighted by Crippen LogP contribution is 2.39. The molecule has 3 nitrogen and oxygen atoms in total. The van der Waals surface area contributed by atoms with Crippen molar-refractivity contribution in [2.45, 2.75) is 44.6 Å². The SMILES string of the molecule is CC(C)C(O)C(C)(C)CNC(=O)C1CSc2ccccc21. The number of hydrogen-bond donors (Lipinski definition) is 2. The third-order valence-electron chi connectivity index (χ3n) is 4.17. The minimum Gasteiger partial charge on any atom is -0.392 e. The summed E-state index contributed by atoms with van der Waals surface area (Å²) in [6.07, 6.45) is -0.428. The Morgan fingerprint density at radius 2 is 2.10 bits per heavy atom. The zero-order valence-corrected chi connectivity index (χ0v) is 14.0. The molecular weight excluding hydrogens is 282 g/mol. The van der Waals surface area contributed by atoms with E-state index < -0.39 is 6.10 Å². The summed E-state index contributed by atoms with van der Waals surface area (Å²) >= 11 is 1.74. The largest absolute Gasteiger partial charge is 0.392 e. The van der Waals surface area contributed by atoms with Gasteiger partial charge < -0.3 is 10.4 Å². The van der Waals surface area contributed by atoms with Gasteiger partial charge in [0, 0.05) is 22.6 Å². The molecule has 2 N–H and O–H groups in total. The number of hydrogen-bond acceptors (Lipinski definition) is 3.